The normalized spacial score (nSPS) is 10.1. The Labute approximate surface area is 65.3 Å². The first-order valence-corrected chi connectivity index (χ1v) is 3.40. The number of carboxylic acid groups (broad SMARTS) is 1. The van der Waals surface area contributed by atoms with Crippen molar-refractivity contribution in [2.75, 3.05) is 0 Å². The first-order chi connectivity index (χ1) is 5.04. The third-order valence-electron chi connectivity index (χ3n) is 2.01. The molecule has 0 aromatic carbocycles. The summed E-state index contributed by atoms with van der Waals surface area (Å²) in [5, 5.41) is 8.68. The van der Waals surface area contributed by atoms with Crippen LogP contribution in [0.3, 0.4) is 0 Å². The molecule has 1 N–H and O–H groups in total. The largest absolute Gasteiger partial charge is 0.477 e. The minimum absolute atomic E-state index is 0.347. The van der Waals surface area contributed by atoms with Gasteiger partial charge in [0.2, 0.25) is 0 Å². The van der Waals surface area contributed by atoms with Gasteiger partial charge >= 0.3 is 5.97 Å². The van der Waals surface area contributed by atoms with Gasteiger partial charge in [0, 0.05) is 12.7 Å². The molecule has 0 radical (unpaired) electrons. The van der Waals surface area contributed by atoms with Crippen LogP contribution in [-0.4, -0.2) is 15.6 Å². The van der Waals surface area contributed by atoms with Crippen molar-refractivity contribution in [2.45, 2.75) is 13.8 Å². The molecule has 11 heavy (non-hydrogen) atoms. The highest BCUT2D eigenvalue weighted by atomic mass is 16.4. The molecule has 0 unspecified atom stereocenters. The van der Waals surface area contributed by atoms with Crippen molar-refractivity contribution in [3.8, 4) is 0 Å². The third kappa shape index (κ3) is 1.13. The molecule has 1 aromatic heterocycles. The smallest absolute Gasteiger partial charge is 0.352 e. The molecule has 0 fully saturated rings. The quantitative estimate of drug-likeness (QED) is 0.661. The third-order valence-corrected chi connectivity index (χ3v) is 2.01. The van der Waals surface area contributed by atoms with Crippen LogP contribution in [0.15, 0.2) is 6.07 Å². The Morgan fingerprint density at radius 3 is 2.27 bits per heavy atom. The van der Waals surface area contributed by atoms with Crippen LogP contribution in [0.4, 0.5) is 0 Å². The summed E-state index contributed by atoms with van der Waals surface area (Å²) in [4.78, 5) is 10.6. The molecule has 0 aliphatic heterocycles. The molecule has 1 rings (SSSR count). The summed E-state index contributed by atoms with van der Waals surface area (Å²) in [6.45, 7) is 3.81. The summed E-state index contributed by atoms with van der Waals surface area (Å²) >= 11 is 0. The van der Waals surface area contributed by atoms with Crippen molar-refractivity contribution in [2.24, 2.45) is 7.05 Å². The van der Waals surface area contributed by atoms with Crippen molar-refractivity contribution in [1.82, 2.24) is 4.57 Å². The Kier molecular flexibility index (Phi) is 1.72. The molecule has 0 atom stereocenters. The number of hydrogen-bond acceptors (Lipinski definition) is 1. The second-order valence-corrected chi connectivity index (χ2v) is 2.66. The number of rotatable bonds is 1. The van der Waals surface area contributed by atoms with Crippen LogP contribution >= 0.6 is 0 Å². The molecule has 3 nitrogen and oxygen atoms in total. The van der Waals surface area contributed by atoms with E-state index < -0.39 is 5.97 Å². The van der Waals surface area contributed by atoms with Gasteiger partial charge in [-0.3, -0.25) is 0 Å². The molecule has 1 aromatic rings. The predicted molar refractivity (Wildman–Crippen MR) is 41.8 cm³/mol. The Balaban J connectivity index is 3.29. The summed E-state index contributed by atoms with van der Waals surface area (Å²) in [7, 11) is 1.76. The van der Waals surface area contributed by atoms with Gasteiger partial charge in [-0.15, -0.1) is 0 Å². The van der Waals surface area contributed by atoms with Crippen molar-refractivity contribution < 1.29 is 9.90 Å². The van der Waals surface area contributed by atoms with Crippen LogP contribution in [0, 0.1) is 13.8 Å². The fraction of sp³-hybridized carbons (Fsp3) is 0.375. The SMILES string of the molecule is Cc1cc(C(=O)O)n(C)c1C. The van der Waals surface area contributed by atoms with E-state index in [0.717, 1.165) is 11.3 Å². The lowest BCUT2D eigenvalue weighted by Crippen LogP contribution is -2.04. The van der Waals surface area contributed by atoms with Crippen molar-refractivity contribution in [3.63, 3.8) is 0 Å². The van der Waals surface area contributed by atoms with E-state index in [2.05, 4.69) is 0 Å². The second-order valence-electron chi connectivity index (χ2n) is 2.66. The zero-order valence-electron chi connectivity index (χ0n) is 6.88. The van der Waals surface area contributed by atoms with Gasteiger partial charge in [0.15, 0.2) is 0 Å². The number of carbonyl (C=O) groups is 1. The topological polar surface area (TPSA) is 42.2 Å². The van der Waals surface area contributed by atoms with Crippen LogP contribution in [0.2, 0.25) is 0 Å². The average molecular weight is 153 g/mol. The Morgan fingerprint density at radius 2 is 2.09 bits per heavy atom. The van der Waals surface area contributed by atoms with E-state index >= 15 is 0 Å². The molecule has 3 heteroatoms. The molecule has 0 spiro atoms. The standard InChI is InChI=1S/C8H11NO2/c1-5-4-7(8(10)11)9(3)6(5)2/h4H,1-3H3,(H,10,11). The number of aromatic carboxylic acids is 1. The molecule has 1 heterocycles. The summed E-state index contributed by atoms with van der Waals surface area (Å²) in [6, 6.07) is 1.68. The van der Waals surface area contributed by atoms with Crippen molar-refractivity contribution in [3.05, 3.63) is 23.0 Å². The number of aryl methyl sites for hydroxylation is 1. The minimum Gasteiger partial charge on any atom is -0.477 e. The Hall–Kier alpha value is -1.25. The maximum Gasteiger partial charge on any atom is 0.352 e. The summed E-state index contributed by atoms with van der Waals surface area (Å²) < 4.78 is 1.68. The molecular formula is C8H11NO2. The van der Waals surface area contributed by atoms with Crippen LogP contribution in [0.25, 0.3) is 0 Å². The predicted octanol–water partition coefficient (Wildman–Crippen LogP) is 1.34. The lowest BCUT2D eigenvalue weighted by atomic mass is 10.3. The van der Waals surface area contributed by atoms with Gasteiger partial charge in [0.25, 0.3) is 0 Å². The maximum atomic E-state index is 10.6. The molecule has 0 amide bonds. The number of carboxylic acids is 1. The molecule has 0 saturated carbocycles. The van der Waals surface area contributed by atoms with E-state index in [9.17, 15) is 4.79 Å². The molecule has 0 aliphatic carbocycles. The summed E-state index contributed by atoms with van der Waals surface area (Å²) in [6.07, 6.45) is 0. The minimum atomic E-state index is -0.872. The number of nitrogens with zero attached hydrogens (tertiary/aromatic N) is 1. The van der Waals surface area contributed by atoms with Gasteiger partial charge in [-0.1, -0.05) is 0 Å². The van der Waals surface area contributed by atoms with Gasteiger partial charge in [0.05, 0.1) is 0 Å². The molecule has 0 saturated heterocycles. The van der Waals surface area contributed by atoms with Gasteiger partial charge in [-0.2, -0.15) is 0 Å². The first-order valence-electron chi connectivity index (χ1n) is 3.40. The Morgan fingerprint density at radius 1 is 1.55 bits per heavy atom. The lowest BCUT2D eigenvalue weighted by Gasteiger charge is -1.98. The molecular weight excluding hydrogens is 142 g/mol. The zero-order valence-corrected chi connectivity index (χ0v) is 6.88. The van der Waals surface area contributed by atoms with Crippen molar-refractivity contribution >= 4 is 5.97 Å². The highest BCUT2D eigenvalue weighted by molar-refractivity contribution is 5.86. The molecule has 60 valence electrons. The summed E-state index contributed by atoms with van der Waals surface area (Å²) in [5.41, 5.74) is 2.37. The van der Waals surface area contributed by atoms with E-state index in [4.69, 9.17) is 5.11 Å². The van der Waals surface area contributed by atoms with Gasteiger partial charge < -0.3 is 9.67 Å². The summed E-state index contributed by atoms with van der Waals surface area (Å²) in [5.74, 6) is -0.872. The Bertz CT molecular complexity index is 299. The van der Waals surface area contributed by atoms with E-state index in [1.54, 1.807) is 17.7 Å². The van der Waals surface area contributed by atoms with Crippen LogP contribution < -0.4 is 0 Å². The van der Waals surface area contributed by atoms with E-state index in [1.807, 2.05) is 13.8 Å². The molecule has 0 bridgehead atoms. The van der Waals surface area contributed by atoms with Crippen molar-refractivity contribution in [1.29, 1.82) is 0 Å². The fourth-order valence-corrected chi connectivity index (χ4v) is 1.06. The average Bonchev–Trinajstić information content (AvgIpc) is 2.17. The van der Waals surface area contributed by atoms with Crippen LogP contribution in [0.1, 0.15) is 21.7 Å². The zero-order chi connectivity index (χ0) is 8.59. The lowest BCUT2D eigenvalue weighted by molar-refractivity contribution is 0.0686. The number of aromatic nitrogens is 1. The van der Waals surface area contributed by atoms with Crippen LogP contribution in [-0.2, 0) is 7.05 Å². The monoisotopic (exact) mass is 153 g/mol. The molecule has 0 aliphatic rings. The van der Waals surface area contributed by atoms with Gasteiger partial charge in [0.1, 0.15) is 5.69 Å². The highest BCUT2D eigenvalue weighted by Crippen LogP contribution is 2.11. The second kappa shape index (κ2) is 2.42. The van der Waals surface area contributed by atoms with E-state index in [1.165, 1.54) is 0 Å². The van der Waals surface area contributed by atoms with E-state index in [0.29, 0.717) is 5.69 Å². The van der Waals surface area contributed by atoms with Crippen LogP contribution in [0.5, 0.6) is 0 Å². The van der Waals surface area contributed by atoms with E-state index in [-0.39, 0.29) is 0 Å². The van der Waals surface area contributed by atoms with Gasteiger partial charge in [-0.25, -0.2) is 4.79 Å². The fourth-order valence-electron chi connectivity index (χ4n) is 1.06. The van der Waals surface area contributed by atoms with Gasteiger partial charge in [-0.05, 0) is 25.5 Å². The highest BCUT2D eigenvalue weighted by Gasteiger charge is 2.10. The maximum absolute atomic E-state index is 10.6. The number of hydrogen-bond donors (Lipinski definition) is 1. The first kappa shape index (κ1) is 7.85.